The highest BCUT2D eigenvalue weighted by molar-refractivity contribution is 5.20. The third kappa shape index (κ3) is 123. The predicted molar refractivity (Wildman–Crippen MR) is 556 cm³/mol. The van der Waals surface area contributed by atoms with E-state index in [0.29, 0.717) is 30.3 Å². The first kappa shape index (κ1) is 135. The van der Waals surface area contributed by atoms with E-state index in [1.165, 1.54) is 303 Å². The smallest absolute Gasteiger partial charge is 0.119 e. The fourth-order valence-electron chi connectivity index (χ4n) is 14.4. The largest absolute Gasteiger partial charge is 0.494 e. The Bertz CT molecular complexity index is 1890. The van der Waals surface area contributed by atoms with Crippen molar-refractivity contribution in [1.29, 1.82) is 0 Å². The molecule has 2 unspecified atom stereocenters. The lowest BCUT2D eigenvalue weighted by Crippen LogP contribution is -2.44. The number of likely N-dealkylation sites (N-methyl/N-ethyl adjacent to an activating group) is 1. The molecule has 2 saturated carbocycles. The molecular formula is C112H239N5O4. The van der Waals surface area contributed by atoms with E-state index in [1.807, 2.05) is 37.3 Å². The maximum absolute atomic E-state index is 9.03. The van der Waals surface area contributed by atoms with Gasteiger partial charge in [0.25, 0.3) is 0 Å². The molecule has 5 fully saturated rings. The van der Waals surface area contributed by atoms with Gasteiger partial charge in [-0.25, -0.2) is 0 Å². The fourth-order valence-corrected chi connectivity index (χ4v) is 14.4. The number of aliphatic hydroxyl groups excluding tert-OH is 3. The van der Waals surface area contributed by atoms with E-state index >= 15 is 0 Å². The van der Waals surface area contributed by atoms with Crippen LogP contribution in [0.3, 0.4) is 0 Å². The topological polar surface area (TPSA) is 94.9 Å². The Morgan fingerprint density at radius 2 is 0.769 bits per heavy atom. The first-order chi connectivity index (χ1) is 57.0. The predicted octanol–water partition coefficient (Wildman–Crippen LogP) is 33.2. The number of hydrogen-bond donors (Lipinski definition) is 4. The highest BCUT2D eigenvalue weighted by atomic mass is 16.5. The van der Waals surface area contributed by atoms with Crippen LogP contribution >= 0.6 is 0 Å². The second kappa shape index (κ2) is 104. The Labute approximate surface area is 768 Å². The number of nitrogens with zero attached hydrogens (tertiary/aromatic N) is 4. The number of aliphatic hydroxyl groups is 3. The van der Waals surface area contributed by atoms with Crippen molar-refractivity contribution in [2.45, 2.75) is 491 Å². The van der Waals surface area contributed by atoms with Crippen LogP contribution in [-0.2, 0) is 0 Å². The van der Waals surface area contributed by atoms with Gasteiger partial charge in [-0.05, 0) is 237 Å². The number of hydrogen-bond acceptors (Lipinski definition) is 9. The third-order valence-electron chi connectivity index (χ3n) is 23.8. The molecule has 121 heavy (non-hydrogen) atoms. The molecule has 0 radical (unpaired) electrons. The zero-order valence-corrected chi connectivity index (χ0v) is 89.0. The molecule has 3 heterocycles. The Morgan fingerprint density at radius 3 is 1.11 bits per heavy atom. The van der Waals surface area contributed by atoms with Gasteiger partial charge in [-0.15, -0.1) is 0 Å². The van der Waals surface area contributed by atoms with E-state index in [2.05, 4.69) is 240 Å². The molecule has 2 aliphatic carbocycles. The molecule has 0 amide bonds. The normalized spacial score (nSPS) is 16.8. The summed E-state index contributed by atoms with van der Waals surface area (Å²) in [5, 5.41) is 29.8. The van der Waals surface area contributed by atoms with Gasteiger partial charge < -0.3 is 45.0 Å². The summed E-state index contributed by atoms with van der Waals surface area (Å²) in [7, 11) is 2.21. The van der Waals surface area contributed by atoms with Crippen LogP contribution < -0.4 is 10.1 Å². The average Bonchev–Trinajstić information content (AvgIpc) is 0.919. The molecule has 736 valence electrons. The summed E-state index contributed by atoms with van der Waals surface area (Å²) in [6.07, 6.45) is 56.3. The molecule has 1 aromatic carbocycles. The van der Waals surface area contributed by atoms with Gasteiger partial charge in [-0.2, -0.15) is 0 Å². The molecule has 3 aliphatic heterocycles. The molecule has 6 rings (SSSR count). The van der Waals surface area contributed by atoms with Gasteiger partial charge in [0.05, 0.1) is 19.3 Å². The molecular weight excluding hydrogens is 1480 g/mol. The van der Waals surface area contributed by atoms with Crippen LogP contribution in [0.1, 0.15) is 485 Å². The van der Waals surface area contributed by atoms with E-state index in [0.717, 1.165) is 123 Å². The lowest BCUT2D eigenvalue weighted by molar-refractivity contribution is 0.145. The molecule has 9 heteroatoms. The number of piperazine rings is 1. The zero-order chi connectivity index (χ0) is 92.4. The van der Waals surface area contributed by atoms with Crippen LogP contribution in [0.5, 0.6) is 5.75 Å². The van der Waals surface area contributed by atoms with Gasteiger partial charge in [0, 0.05) is 39.3 Å². The number of unbranched alkanes of at least 4 members (excludes halogenated alkanes) is 10. The summed E-state index contributed by atoms with van der Waals surface area (Å²) in [5.41, 5.74) is 0. The summed E-state index contributed by atoms with van der Waals surface area (Å²) >= 11 is 0. The van der Waals surface area contributed by atoms with Gasteiger partial charge in [0.15, 0.2) is 0 Å². The molecule has 2 atom stereocenters. The molecule has 5 aliphatic rings. The molecule has 3 saturated heterocycles. The molecule has 0 aromatic heterocycles. The van der Waals surface area contributed by atoms with E-state index in [4.69, 9.17) is 20.1 Å². The summed E-state index contributed by atoms with van der Waals surface area (Å²) < 4.78 is 5.52. The van der Waals surface area contributed by atoms with Crippen molar-refractivity contribution in [2.24, 2.45) is 88.8 Å². The van der Waals surface area contributed by atoms with Gasteiger partial charge in [-0.1, -0.05) is 426 Å². The minimum Gasteiger partial charge on any atom is -0.494 e. The lowest BCUT2D eigenvalue weighted by Gasteiger charge is -2.32. The number of benzene rings is 1. The summed E-state index contributed by atoms with van der Waals surface area (Å²) in [6, 6.07) is 9.95. The van der Waals surface area contributed by atoms with E-state index in [1.54, 1.807) is 0 Å². The maximum atomic E-state index is 9.03. The van der Waals surface area contributed by atoms with Crippen molar-refractivity contribution >= 4 is 0 Å². The second-order valence-corrected chi connectivity index (χ2v) is 42.0. The SMILES string of the molecule is C.CC(C)CCCN1CCN(C)CC1.CC(C)CCN1CCCCC1.CC(C)CCOc1ccccc1.CC1CCC(C)CC1.CC1CCCCC1.CC1CCNCC1.CCC(CO)C(C)C.CCC(O)CC(C)C.CCCCC(C)C.CCCCCC(C)C.CCCCCCC(C)C.CCCCCCCC(C)C.CCCN(CCO)CCC(C)C. The Balaban J connectivity index is -0.000000191. The summed E-state index contributed by atoms with van der Waals surface area (Å²) in [5.74, 6) is 13.6. The monoisotopic (exact) mass is 1720 g/mol. The second-order valence-electron chi connectivity index (χ2n) is 42.0. The van der Waals surface area contributed by atoms with Crippen LogP contribution in [0.15, 0.2) is 30.3 Å². The van der Waals surface area contributed by atoms with E-state index in [-0.39, 0.29) is 20.1 Å². The number of ether oxygens (including phenoxy) is 1. The molecule has 0 bridgehead atoms. The summed E-state index contributed by atoms with van der Waals surface area (Å²) in [6.45, 7) is 87.1. The first-order valence-corrected chi connectivity index (χ1v) is 53.1. The molecule has 1 aromatic rings. The lowest BCUT2D eigenvalue weighted by atomic mass is 9.84. The average molecular weight is 1720 g/mol. The van der Waals surface area contributed by atoms with Gasteiger partial charge in [-0.3, -0.25) is 0 Å². The van der Waals surface area contributed by atoms with Crippen molar-refractivity contribution in [1.82, 2.24) is 24.9 Å². The minimum atomic E-state index is -0.0741. The van der Waals surface area contributed by atoms with Crippen molar-refractivity contribution < 1.29 is 20.1 Å². The Kier molecular flexibility index (Phi) is 116. The number of para-hydroxylation sites is 1. The van der Waals surface area contributed by atoms with E-state index in [9.17, 15) is 0 Å². The molecule has 9 nitrogen and oxygen atoms in total. The Morgan fingerprint density at radius 1 is 0.380 bits per heavy atom. The van der Waals surface area contributed by atoms with Crippen LogP contribution in [0.2, 0.25) is 0 Å². The van der Waals surface area contributed by atoms with Gasteiger partial charge in [0.2, 0.25) is 0 Å². The highest BCUT2D eigenvalue weighted by Crippen LogP contribution is 2.28. The van der Waals surface area contributed by atoms with Crippen molar-refractivity contribution in [2.75, 3.05) is 112 Å². The first-order valence-electron chi connectivity index (χ1n) is 53.1. The van der Waals surface area contributed by atoms with E-state index < -0.39 is 0 Å². The van der Waals surface area contributed by atoms with Crippen LogP contribution in [0.4, 0.5) is 0 Å². The zero-order valence-electron chi connectivity index (χ0n) is 89.0. The van der Waals surface area contributed by atoms with Crippen molar-refractivity contribution in [3.63, 3.8) is 0 Å². The van der Waals surface area contributed by atoms with Crippen LogP contribution in [0, 0.1) is 88.8 Å². The maximum Gasteiger partial charge on any atom is 0.119 e. The fraction of sp³-hybridized carbons (Fsp3) is 0.946. The summed E-state index contributed by atoms with van der Waals surface area (Å²) in [4.78, 5) is 9.96. The van der Waals surface area contributed by atoms with Crippen molar-refractivity contribution in [3.05, 3.63) is 30.3 Å². The number of rotatable bonds is 42. The quantitative estimate of drug-likeness (QED) is 0.0478. The Hall–Kier alpha value is -1.30. The standard InChI is InChI=1S/C11H24N2.C11H16O.C10H23NO.C10H21N.C10H22.C9H20.C8H16.C8H18.2C7H16O.C7H14.C7H16.C6H13N.CH4/c1-11(2)5-4-6-13-9-7-12(3)8-10-13;1-10(2)8-9-12-11-6-4-3-5-7-11;1-4-6-11(8-9-12)7-5-10(2)3;1-10(2)6-9-11-7-4-3-5-8-11;1-4-5-6-7-8-9-10(2)3;1-4-5-6-7-8-9(2)3;1-7-3-5-8(2)6-4-7;1-4-5-6-7-8(2)3;1-4-7(5-8)6(2)3;1-4-7(8)5-6(2)3;1-7-5-3-2-4-6-7;1-4-5-6-7(2)3;1-6-2-4-7-5-3-6;/h11H,4-10H2,1-3H3;3-7,10H,8-9H2,1-2H3;10,12H,4-9H2,1-3H3;10H,3-9H2,1-2H3;10H,4-9H2,1-3H3;9H,4-8H2,1-3H3;7-8H,3-6H2,1-2H3;8H,4-7H2,1-3H3;2*6-8H,4-5H2,1-3H3;7H,2-6H2,1H3;7H,4-6H2,1-3H3;6-7H,2-5H2,1H3;1H4. The number of piperidine rings is 2. The molecule has 0 spiro atoms. The number of nitrogens with one attached hydrogen (secondary N) is 1. The van der Waals surface area contributed by atoms with Crippen LogP contribution in [-0.4, -0.2) is 153 Å². The van der Waals surface area contributed by atoms with Gasteiger partial charge >= 0.3 is 0 Å². The highest BCUT2D eigenvalue weighted by Gasteiger charge is 2.16. The van der Waals surface area contributed by atoms with Crippen molar-refractivity contribution in [3.8, 4) is 5.75 Å². The van der Waals surface area contributed by atoms with Crippen LogP contribution in [0.25, 0.3) is 0 Å². The molecule has 4 N–H and O–H groups in total. The minimum absolute atomic E-state index is 0. The number of likely N-dealkylation sites (tertiary alicyclic amines) is 1. The van der Waals surface area contributed by atoms with Gasteiger partial charge in [0.1, 0.15) is 5.75 Å². The third-order valence-corrected chi connectivity index (χ3v) is 23.8.